The van der Waals surface area contributed by atoms with E-state index in [0.29, 0.717) is 0 Å². The van der Waals surface area contributed by atoms with E-state index in [4.69, 9.17) is 9.47 Å². The third kappa shape index (κ3) is 8.29. The molecule has 0 aliphatic carbocycles. The van der Waals surface area contributed by atoms with Crippen molar-refractivity contribution in [2.24, 2.45) is 17.3 Å². The topological polar surface area (TPSA) is 72.8 Å². The second kappa shape index (κ2) is 10.6. The molecule has 5 nitrogen and oxygen atoms in total. The molecule has 0 radical (unpaired) electrons. The molecule has 0 bridgehead atoms. The van der Waals surface area contributed by atoms with E-state index < -0.39 is 29.0 Å². The summed E-state index contributed by atoms with van der Waals surface area (Å²) in [4.78, 5) is 25.2. The summed E-state index contributed by atoms with van der Waals surface area (Å²) >= 11 is 0. The Hall–Kier alpha value is -1.62. The van der Waals surface area contributed by atoms with Gasteiger partial charge in [-0.1, -0.05) is 19.9 Å². The third-order valence-electron chi connectivity index (χ3n) is 4.68. The summed E-state index contributed by atoms with van der Waals surface area (Å²) in [7, 11) is 1.42. The van der Waals surface area contributed by atoms with Crippen molar-refractivity contribution in [1.82, 2.24) is 0 Å². The van der Waals surface area contributed by atoms with Crippen LogP contribution in [0.4, 0.5) is 0 Å². The number of carbonyl (C=O) groups excluding carboxylic acids is 2. The van der Waals surface area contributed by atoms with Crippen LogP contribution in [0.2, 0.25) is 0 Å². The van der Waals surface area contributed by atoms with Crippen LogP contribution in [0.1, 0.15) is 67.7 Å². The molecule has 27 heavy (non-hydrogen) atoms. The molecule has 0 unspecified atom stereocenters. The molecule has 0 heterocycles. The lowest BCUT2D eigenvalue weighted by Crippen LogP contribution is -2.40. The molecule has 156 valence electrons. The Balaban J connectivity index is 5.30. The van der Waals surface area contributed by atoms with E-state index in [9.17, 15) is 14.7 Å². The van der Waals surface area contributed by atoms with Crippen molar-refractivity contribution in [2.45, 2.75) is 79.4 Å². The van der Waals surface area contributed by atoms with Crippen LogP contribution in [-0.2, 0) is 19.1 Å². The number of Topliss-reactive ketones (excluding diaryl/α,β-unsaturated/α-hetero) is 1. The quantitative estimate of drug-likeness (QED) is 0.188. The second-order valence-electron chi connectivity index (χ2n) is 8.71. The van der Waals surface area contributed by atoms with Crippen molar-refractivity contribution in [3.63, 3.8) is 0 Å². The number of hydrogen-bond acceptors (Lipinski definition) is 5. The van der Waals surface area contributed by atoms with Crippen LogP contribution in [0.25, 0.3) is 0 Å². The Morgan fingerprint density at radius 3 is 2.15 bits per heavy atom. The van der Waals surface area contributed by atoms with Crippen molar-refractivity contribution in [1.29, 1.82) is 0 Å². The van der Waals surface area contributed by atoms with Gasteiger partial charge < -0.3 is 14.6 Å². The van der Waals surface area contributed by atoms with Crippen molar-refractivity contribution < 1.29 is 24.2 Å². The maximum absolute atomic E-state index is 13.1. The van der Waals surface area contributed by atoms with Crippen molar-refractivity contribution >= 4 is 11.8 Å². The Morgan fingerprint density at radius 1 is 1.15 bits per heavy atom. The number of allylic oxidation sites excluding steroid dienone is 2. The zero-order valence-electron chi connectivity index (χ0n) is 18.3. The van der Waals surface area contributed by atoms with Gasteiger partial charge in [0, 0.05) is 5.92 Å². The monoisotopic (exact) mass is 382 g/mol. The summed E-state index contributed by atoms with van der Waals surface area (Å²) in [6, 6.07) is 0. The van der Waals surface area contributed by atoms with Crippen LogP contribution in [0.3, 0.4) is 0 Å². The van der Waals surface area contributed by atoms with Gasteiger partial charge in [-0.15, -0.1) is 6.58 Å². The summed E-state index contributed by atoms with van der Waals surface area (Å²) in [5.41, 5.74) is -1.70. The molecule has 0 fully saturated rings. The van der Waals surface area contributed by atoms with E-state index >= 15 is 0 Å². The van der Waals surface area contributed by atoms with Crippen molar-refractivity contribution in [3.05, 3.63) is 24.5 Å². The molecule has 3 atom stereocenters. The number of ketones is 1. The Bertz CT molecular complexity index is 539. The van der Waals surface area contributed by atoms with E-state index in [0.717, 1.165) is 19.3 Å². The van der Waals surface area contributed by atoms with Crippen LogP contribution in [0.5, 0.6) is 0 Å². The van der Waals surface area contributed by atoms with Gasteiger partial charge in [-0.05, 0) is 59.8 Å². The predicted octanol–water partition coefficient (Wildman–Crippen LogP) is 4.44. The summed E-state index contributed by atoms with van der Waals surface area (Å²) < 4.78 is 10.6. The molecule has 0 aromatic carbocycles. The fraction of sp³-hybridized carbons (Fsp3) is 0.727. The largest absolute Gasteiger partial charge is 0.500 e. The molecule has 0 aliphatic rings. The Labute approximate surface area is 164 Å². The van der Waals surface area contributed by atoms with E-state index in [1.807, 2.05) is 13.0 Å². The number of ether oxygens (including phenoxy) is 2. The van der Waals surface area contributed by atoms with E-state index in [1.165, 1.54) is 13.2 Å². The minimum absolute atomic E-state index is 0.0134. The van der Waals surface area contributed by atoms with Crippen molar-refractivity contribution in [2.75, 3.05) is 7.11 Å². The maximum Gasteiger partial charge on any atom is 0.334 e. The molecule has 0 aromatic rings. The minimum Gasteiger partial charge on any atom is -0.500 e. The molecule has 0 amide bonds. The molecule has 0 rings (SSSR count). The number of aliphatic hydroxyl groups is 1. The third-order valence-corrected chi connectivity index (χ3v) is 4.68. The van der Waals surface area contributed by atoms with Crippen molar-refractivity contribution in [3.8, 4) is 0 Å². The molecule has 0 saturated carbocycles. The van der Waals surface area contributed by atoms with Crippen LogP contribution in [-0.4, -0.2) is 35.7 Å². The molecule has 5 heteroatoms. The number of rotatable bonds is 11. The lowest BCUT2D eigenvalue weighted by Gasteiger charge is -2.32. The van der Waals surface area contributed by atoms with Gasteiger partial charge in [0.2, 0.25) is 0 Å². The summed E-state index contributed by atoms with van der Waals surface area (Å²) in [6.45, 7) is 16.1. The smallest absolute Gasteiger partial charge is 0.334 e. The highest BCUT2D eigenvalue weighted by molar-refractivity contribution is 5.91. The fourth-order valence-electron chi connectivity index (χ4n) is 3.03. The Kier molecular flexibility index (Phi) is 10.0. The first-order valence-electron chi connectivity index (χ1n) is 9.60. The lowest BCUT2D eigenvalue weighted by molar-refractivity contribution is -0.148. The molecule has 0 spiro atoms. The maximum atomic E-state index is 13.1. The first-order chi connectivity index (χ1) is 12.3. The van der Waals surface area contributed by atoms with Gasteiger partial charge in [0.05, 0.1) is 24.7 Å². The number of methoxy groups -OCH3 is 1. The first-order valence-corrected chi connectivity index (χ1v) is 9.60. The van der Waals surface area contributed by atoms with Crippen LogP contribution < -0.4 is 0 Å². The predicted molar refractivity (Wildman–Crippen MR) is 108 cm³/mol. The second-order valence-corrected chi connectivity index (χ2v) is 8.71. The number of hydrogen-bond donors (Lipinski definition) is 1. The fourth-order valence-corrected chi connectivity index (χ4v) is 3.03. The van der Waals surface area contributed by atoms with E-state index in [2.05, 4.69) is 6.58 Å². The molecular formula is C22H38O5. The summed E-state index contributed by atoms with van der Waals surface area (Å²) in [5.74, 6) is -1.12. The van der Waals surface area contributed by atoms with Gasteiger partial charge in [-0.3, -0.25) is 4.79 Å². The highest BCUT2D eigenvalue weighted by Crippen LogP contribution is 2.34. The molecular weight excluding hydrogens is 344 g/mol. The number of unbranched alkanes of at least 4 members (excludes halogenated alkanes) is 1. The standard InChI is InChI=1S/C22H38O5/c1-10-11-12-13-15(2)19(24)16(3)20(25)22(7,8)17(26-9)14-18(23)27-21(4,5)6/h10,14-16,19,24H,1,11-13H2,2-9H3/b17-14-/t15-,16-,19+/m1/s1. The number of esters is 1. The van der Waals surface area contributed by atoms with Gasteiger partial charge in [0.15, 0.2) is 5.78 Å². The normalized spacial score (nSPS) is 16.3. The van der Waals surface area contributed by atoms with Gasteiger partial charge in [-0.2, -0.15) is 0 Å². The molecule has 0 aromatic heterocycles. The van der Waals surface area contributed by atoms with Crippen LogP contribution >= 0.6 is 0 Å². The van der Waals surface area contributed by atoms with Gasteiger partial charge in [-0.25, -0.2) is 4.79 Å². The average Bonchev–Trinajstić information content (AvgIpc) is 2.55. The first kappa shape index (κ1) is 25.4. The van der Waals surface area contributed by atoms with Gasteiger partial charge >= 0.3 is 5.97 Å². The number of carbonyl (C=O) groups is 2. The SMILES string of the molecule is C=CCCC[C@@H](C)[C@H](O)[C@@H](C)C(=O)C(C)(C)/C(=C/C(=O)OC(C)(C)C)OC. The van der Waals surface area contributed by atoms with Gasteiger partial charge in [0.25, 0.3) is 0 Å². The summed E-state index contributed by atoms with van der Waals surface area (Å²) in [5, 5.41) is 10.6. The molecule has 1 N–H and O–H groups in total. The van der Waals surface area contributed by atoms with Crippen LogP contribution in [0, 0.1) is 17.3 Å². The van der Waals surface area contributed by atoms with Crippen LogP contribution in [0.15, 0.2) is 24.5 Å². The molecule has 0 aliphatic heterocycles. The zero-order valence-corrected chi connectivity index (χ0v) is 18.3. The minimum atomic E-state index is -1.06. The Morgan fingerprint density at radius 2 is 1.70 bits per heavy atom. The zero-order chi connectivity index (χ0) is 21.4. The van der Waals surface area contributed by atoms with Gasteiger partial charge in [0.1, 0.15) is 11.4 Å². The van der Waals surface area contributed by atoms with E-state index in [-0.39, 0.29) is 17.5 Å². The summed E-state index contributed by atoms with van der Waals surface area (Å²) in [6.07, 6.45) is 4.93. The average molecular weight is 383 g/mol. The highest BCUT2D eigenvalue weighted by Gasteiger charge is 2.40. The van der Waals surface area contributed by atoms with E-state index in [1.54, 1.807) is 41.5 Å². The highest BCUT2D eigenvalue weighted by atomic mass is 16.6. The lowest BCUT2D eigenvalue weighted by atomic mass is 9.75. The molecule has 0 saturated heterocycles. The number of aliphatic hydroxyl groups excluding tert-OH is 1.